The molecule has 0 unspecified atom stereocenters. The second kappa shape index (κ2) is 9.25. The first-order valence-corrected chi connectivity index (χ1v) is 9.29. The van der Waals surface area contributed by atoms with Crippen LogP contribution >= 0.6 is 0 Å². The van der Waals surface area contributed by atoms with Gasteiger partial charge in [-0.05, 0) is 43.0 Å². The van der Waals surface area contributed by atoms with Gasteiger partial charge in [-0.15, -0.1) is 0 Å². The number of aromatic nitrogens is 2. The lowest BCUT2D eigenvalue weighted by atomic mass is 9.98. The zero-order chi connectivity index (χ0) is 19.1. The minimum atomic E-state index is -0.0965. The van der Waals surface area contributed by atoms with E-state index in [1.165, 1.54) is 0 Å². The summed E-state index contributed by atoms with van der Waals surface area (Å²) in [5, 5.41) is 6.66. The number of urea groups is 1. The van der Waals surface area contributed by atoms with Gasteiger partial charge in [-0.3, -0.25) is 0 Å². The third kappa shape index (κ3) is 5.35. The molecular weight excluding hydrogens is 348 g/mol. The standard InChI is InChI=1S/C19H26N4O4/c1-3-17-21-18(27-22-17)12-20-19(24)23-10-8-14(9-11-23)13-26-16-6-4-15(25-2)5-7-16/h4-7,14H,3,8-13H2,1-2H3,(H,20,24). The summed E-state index contributed by atoms with van der Waals surface area (Å²) >= 11 is 0. The number of hydrogen-bond acceptors (Lipinski definition) is 6. The van der Waals surface area contributed by atoms with Gasteiger partial charge in [0.25, 0.3) is 0 Å². The molecule has 2 aromatic rings. The van der Waals surface area contributed by atoms with Gasteiger partial charge < -0.3 is 24.2 Å². The molecule has 0 aliphatic carbocycles. The highest BCUT2D eigenvalue weighted by Gasteiger charge is 2.23. The average Bonchev–Trinajstić information content (AvgIpc) is 3.19. The number of nitrogens with zero attached hydrogens (tertiary/aromatic N) is 3. The van der Waals surface area contributed by atoms with Gasteiger partial charge in [-0.2, -0.15) is 4.98 Å². The molecular formula is C19H26N4O4. The van der Waals surface area contributed by atoms with Gasteiger partial charge in [-0.1, -0.05) is 12.1 Å². The first-order chi connectivity index (χ1) is 13.2. The topological polar surface area (TPSA) is 89.7 Å². The van der Waals surface area contributed by atoms with Crippen molar-refractivity contribution in [1.29, 1.82) is 0 Å². The smallest absolute Gasteiger partial charge is 0.317 e. The molecule has 0 bridgehead atoms. The maximum atomic E-state index is 12.3. The van der Waals surface area contributed by atoms with Crippen molar-refractivity contribution in [3.8, 4) is 11.5 Å². The Bertz CT molecular complexity index is 724. The van der Waals surface area contributed by atoms with Crippen molar-refractivity contribution in [2.45, 2.75) is 32.7 Å². The molecule has 1 aliphatic rings. The molecule has 1 aromatic carbocycles. The zero-order valence-corrected chi connectivity index (χ0v) is 15.8. The molecule has 0 spiro atoms. The van der Waals surface area contributed by atoms with E-state index in [4.69, 9.17) is 14.0 Å². The van der Waals surface area contributed by atoms with Crippen LogP contribution in [0.4, 0.5) is 4.79 Å². The zero-order valence-electron chi connectivity index (χ0n) is 15.8. The lowest BCUT2D eigenvalue weighted by Gasteiger charge is -2.31. The Morgan fingerprint density at radius 2 is 1.96 bits per heavy atom. The molecule has 0 atom stereocenters. The van der Waals surface area contributed by atoms with E-state index >= 15 is 0 Å². The number of aryl methyl sites for hydroxylation is 1. The predicted octanol–water partition coefficient (Wildman–Crippen LogP) is 2.64. The maximum absolute atomic E-state index is 12.3. The number of rotatable bonds is 7. The van der Waals surface area contributed by atoms with Gasteiger partial charge in [0.05, 0.1) is 20.3 Å². The summed E-state index contributed by atoms with van der Waals surface area (Å²) in [7, 11) is 1.64. The maximum Gasteiger partial charge on any atom is 0.317 e. The second-order valence-corrected chi connectivity index (χ2v) is 6.53. The van der Waals surface area contributed by atoms with Gasteiger partial charge in [0.2, 0.25) is 5.89 Å². The Morgan fingerprint density at radius 3 is 2.59 bits per heavy atom. The van der Waals surface area contributed by atoms with Gasteiger partial charge in [0.15, 0.2) is 5.82 Å². The number of benzene rings is 1. The van der Waals surface area contributed by atoms with Gasteiger partial charge in [0, 0.05) is 19.5 Å². The van der Waals surface area contributed by atoms with E-state index in [0.717, 1.165) is 24.3 Å². The van der Waals surface area contributed by atoms with Crippen LogP contribution in [0.5, 0.6) is 11.5 Å². The summed E-state index contributed by atoms with van der Waals surface area (Å²) in [5.74, 6) is 3.18. The minimum Gasteiger partial charge on any atom is -0.497 e. The second-order valence-electron chi connectivity index (χ2n) is 6.53. The number of hydrogen-bond donors (Lipinski definition) is 1. The average molecular weight is 374 g/mol. The summed E-state index contributed by atoms with van der Waals surface area (Å²) in [6, 6.07) is 7.48. The molecule has 1 aliphatic heterocycles. The van der Waals surface area contributed by atoms with E-state index in [0.29, 0.717) is 43.8 Å². The van der Waals surface area contributed by atoms with E-state index in [-0.39, 0.29) is 12.6 Å². The van der Waals surface area contributed by atoms with Crippen molar-refractivity contribution in [2.75, 3.05) is 26.8 Å². The normalized spacial score (nSPS) is 14.8. The first kappa shape index (κ1) is 19.0. The molecule has 27 heavy (non-hydrogen) atoms. The number of likely N-dealkylation sites (tertiary alicyclic amines) is 1. The van der Waals surface area contributed by atoms with Crippen LogP contribution in [0.1, 0.15) is 31.5 Å². The largest absolute Gasteiger partial charge is 0.497 e. The molecule has 8 heteroatoms. The summed E-state index contributed by atoms with van der Waals surface area (Å²) < 4.78 is 16.1. The molecule has 8 nitrogen and oxygen atoms in total. The number of methoxy groups -OCH3 is 1. The molecule has 0 radical (unpaired) electrons. The molecule has 1 saturated heterocycles. The highest BCUT2D eigenvalue weighted by molar-refractivity contribution is 5.74. The number of piperidine rings is 1. The van der Waals surface area contributed by atoms with Crippen LogP contribution in [0.2, 0.25) is 0 Å². The van der Waals surface area contributed by atoms with Crippen LogP contribution in [0, 0.1) is 5.92 Å². The number of amides is 2. The van der Waals surface area contributed by atoms with E-state index in [9.17, 15) is 4.79 Å². The van der Waals surface area contributed by atoms with Crippen molar-refractivity contribution >= 4 is 6.03 Å². The fraction of sp³-hybridized carbons (Fsp3) is 0.526. The lowest BCUT2D eigenvalue weighted by molar-refractivity contribution is 0.144. The fourth-order valence-electron chi connectivity index (χ4n) is 2.96. The Hall–Kier alpha value is -2.77. The molecule has 2 heterocycles. The van der Waals surface area contributed by atoms with Crippen LogP contribution in [0.15, 0.2) is 28.8 Å². The molecule has 1 aromatic heterocycles. The van der Waals surface area contributed by atoms with Crippen molar-refractivity contribution in [3.63, 3.8) is 0 Å². The number of carbonyl (C=O) groups excluding carboxylic acids is 1. The van der Waals surface area contributed by atoms with Crippen LogP contribution in [0.3, 0.4) is 0 Å². The van der Waals surface area contributed by atoms with Crippen molar-refractivity contribution in [1.82, 2.24) is 20.4 Å². The SMILES string of the molecule is CCc1noc(CNC(=O)N2CCC(COc3ccc(OC)cc3)CC2)n1. The monoisotopic (exact) mass is 374 g/mol. The first-order valence-electron chi connectivity index (χ1n) is 9.29. The van der Waals surface area contributed by atoms with Gasteiger partial charge in [-0.25, -0.2) is 4.79 Å². The van der Waals surface area contributed by atoms with Crippen LogP contribution in [0.25, 0.3) is 0 Å². The molecule has 1 N–H and O–H groups in total. The number of ether oxygens (including phenoxy) is 2. The van der Waals surface area contributed by atoms with E-state index in [1.54, 1.807) is 7.11 Å². The quantitative estimate of drug-likeness (QED) is 0.801. The lowest BCUT2D eigenvalue weighted by Crippen LogP contribution is -2.44. The Morgan fingerprint density at radius 1 is 1.26 bits per heavy atom. The molecule has 0 saturated carbocycles. The number of carbonyl (C=O) groups is 1. The van der Waals surface area contributed by atoms with Gasteiger partial charge >= 0.3 is 6.03 Å². The highest BCUT2D eigenvalue weighted by Crippen LogP contribution is 2.21. The van der Waals surface area contributed by atoms with Crippen LogP contribution < -0.4 is 14.8 Å². The molecule has 2 amide bonds. The summed E-state index contributed by atoms with van der Waals surface area (Å²) in [4.78, 5) is 18.3. The number of nitrogens with one attached hydrogen (secondary N) is 1. The third-order valence-electron chi connectivity index (χ3n) is 4.66. The highest BCUT2D eigenvalue weighted by atomic mass is 16.5. The Kier molecular flexibility index (Phi) is 6.51. The molecule has 1 fully saturated rings. The van der Waals surface area contributed by atoms with Gasteiger partial charge in [0.1, 0.15) is 11.5 Å². The summed E-state index contributed by atoms with van der Waals surface area (Å²) in [5.41, 5.74) is 0. The van der Waals surface area contributed by atoms with Crippen molar-refractivity contribution < 1.29 is 18.8 Å². The van der Waals surface area contributed by atoms with Crippen LogP contribution in [-0.4, -0.2) is 47.9 Å². The predicted molar refractivity (Wildman–Crippen MR) is 98.7 cm³/mol. The Labute approximate surface area is 158 Å². The van der Waals surface area contributed by atoms with Crippen molar-refractivity contribution in [2.24, 2.45) is 5.92 Å². The van der Waals surface area contributed by atoms with Crippen molar-refractivity contribution in [3.05, 3.63) is 36.0 Å². The third-order valence-corrected chi connectivity index (χ3v) is 4.66. The molecule has 146 valence electrons. The Balaban J connectivity index is 1.36. The van der Waals surface area contributed by atoms with Crippen LogP contribution in [-0.2, 0) is 13.0 Å². The summed E-state index contributed by atoms with van der Waals surface area (Å²) in [6.45, 7) is 4.30. The molecule has 3 rings (SSSR count). The van der Waals surface area contributed by atoms with E-state index in [1.807, 2.05) is 36.1 Å². The fourth-order valence-corrected chi connectivity index (χ4v) is 2.96. The van der Waals surface area contributed by atoms with E-state index < -0.39 is 0 Å². The summed E-state index contributed by atoms with van der Waals surface area (Å²) in [6.07, 6.45) is 2.55. The van der Waals surface area contributed by atoms with E-state index in [2.05, 4.69) is 15.5 Å². The minimum absolute atomic E-state index is 0.0965.